The summed E-state index contributed by atoms with van der Waals surface area (Å²) in [7, 11) is 0. The lowest BCUT2D eigenvalue weighted by Gasteiger charge is -2.44. The molecule has 2 nitrogen and oxygen atoms in total. The van der Waals surface area contributed by atoms with Gasteiger partial charge in [0.25, 0.3) is 0 Å². The third-order valence-electron chi connectivity index (χ3n) is 4.60. The maximum absolute atomic E-state index is 5.53. The lowest BCUT2D eigenvalue weighted by atomic mass is 9.80. The van der Waals surface area contributed by atoms with E-state index in [2.05, 4.69) is 27.8 Å². The van der Waals surface area contributed by atoms with Crippen LogP contribution >= 0.6 is 15.9 Å². The van der Waals surface area contributed by atoms with Gasteiger partial charge in [0.05, 0.1) is 0 Å². The van der Waals surface area contributed by atoms with Gasteiger partial charge in [-0.3, -0.25) is 4.90 Å². The lowest BCUT2D eigenvalue weighted by molar-refractivity contribution is -0.00583. The first kappa shape index (κ1) is 13.8. The van der Waals surface area contributed by atoms with E-state index in [1.807, 2.05) is 0 Å². The Morgan fingerprint density at radius 2 is 2.06 bits per heavy atom. The van der Waals surface area contributed by atoms with Gasteiger partial charge in [-0.1, -0.05) is 29.3 Å². The summed E-state index contributed by atoms with van der Waals surface area (Å²) < 4.78 is 5.53. The topological polar surface area (TPSA) is 12.5 Å². The number of rotatable bonds is 4. The van der Waals surface area contributed by atoms with Gasteiger partial charge < -0.3 is 4.74 Å². The quantitative estimate of drug-likeness (QED) is 0.738. The summed E-state index contributed by atoms with van der Waals surface area (Å²) in [6.07, 6.45) is 8.00. The van der Waals surface area contributed by atoms with Crippen LogP contribution in [-0.2, 0) is 4.74 Å². The van der Waals surface area contributed by atoms with Crippen molar-refractivity contribution in [3.05, 3.63) is 0 Å². The average Bonchev–Trinajstić information content (AvgIpc) is 2.40. The minimum atomic E-state index is 0.475. The predicted octanol–water partition coefficient (Wildman–Crippen LogP) is 3.44. The molecule has 0 aliphatic carbocycles. The van der Waals surface area contributed by atoms with Crippen LogP contribution in [-0.4, -0.2) is 42.6 Å². The fourth-order valence-corrected chi connectivity index (χ4v) is 4.04. The smallest absolute Gasteiger partial charge is 0.0472 e. The van der Waals surface area contributed by atoms with Crippen LogP contribution in [0.25, 0.3) is 0 Å². The average molecular weight is 304 g/mol. The molecule has 1 atom stereocenters. The van der Waals surface area contributed by atoms with Gasteiger partial charge in [0.1, 0.15) is 0 Å². The molecule has 0 spiro atoms. The molecule has 0 aromatic heterocycles. The van der Waals surface area contributed by atoms with Crippen LogP contribution in [0, 0.1) is 5.41 Å². The molecule has 2 aliphatic rings. The van der Waals surface area contributed by atoms with Gasteiger partial charge in [0.15, 0.2) is 0 Å². The Kier molecular flexibility index (Phi) is 5.31. The summed E-state index contributed by atoms with van der Waals surface area (Å²) in [5.41, 5.74) is 0.475. The van der Waals surface area contributed by atoms with E-state index in [1.54, 1.807) is 0 Å². The van der Waals surface area contributed by atoms with E-state index in [1.165, 1.54) is 51.6 Å². The number of nitrogens with zero attached hydrogens (tertiary/aromatic N) is 1. The molecule has 2 heterocycles. The molecule has 2 fully saturated rings. The van der Waals surface area contributed by atoms with Gasteiger partial charge in [0, 0.05) is 31.1 Å². The summed E-state index contributed by atoms with van der Waals surface area (Å²) >= 11 is 3.75. The zero-order valence-corrected chi connectivity index (χ0v) is 12.7. The van der Waals surface area contributed by atoms with Crippen molar-refractivity contribution in [2.45, 2.75) is 51.5 Å². The van der Waals surface area contributed by atoms with Crippen molar-refractivity contribution < 1.29 is 4.74 Å². The van der Waals surface area contributed by atoms with Crippen molar-refractivity contribution in [3.63, 3.8) is 0 Å². The molecule has 0 radical (unpaired) electrons. The number of alkyl halides is 1. The molecular formula is C14H26BrNO. The second kappa shape index (κ2) is 6.53. The number of piperidine rings is 1. The Morgan fingerprint density at radius 3 is 2.71 bits per heavy atom. The van der Waals surface area contributed by atoms with Gasteiger partial charge in [0.2, 0.25) is 0 Å². The van der Waals surface area contributed by atoms with Crippen molar-refractivity contribution in [2.24, 2.45) is 5.41 Å². The zero-order chi connectivity index (χ0) is 12.1. The first-order valence-electron chi connectivity index (χ1n) is 7.17. The van der Waals surface area contributed by atoms with Crippen molar-refractivity contribution in [1.29, 1.82) is 0 Å². The van der Waals surface area contributed by atoms with Crippen LogP contribution in [0.4, 0.5) is 0 Å². The molecule has 0 bridgehead atoms. The third-order valence-corrected chi connectivity index (χ3v) is 5.79. The van der Waals surface area contributed by atoms with E-state index in [-0.39, 0.29) is 0 Å². The molecule has 2 aliphatic heterocycles. The summed E-state index contributed by atoms with van der Waals surface area (Å²) in [4.78, 5) is 2.76. The van der Waals surface area contributed by atoms with Gasteiger partial charge in [-0.2, -0.15) is 0 Å². The zero-order valence-electron chi connectivity index (χ0n) is 11.1. The molecule has 3 heteroatoms. The molecule has 0 saturated carbocycles. The second-order valence-corrected chi connectivity index (χ2v) is 6.34. The van der Waals surface area contributed by atoms with Gasteiger partial charge in [-0.15, -0.1) is 0 Å². The third kappa shape index (κ3) is 3.45. The fraction of sp³-hybridized carbons (Fsp3) is 1.00. The van der Waals surface area contributed by atoms with E-state index in [4.69, 9.17) is 4.74 Å². The van der Waals surface area contributed by atoms with Crippen molar-refractivity contribution in [1.82, 2.24) is 4.90 Å². The van der Waals surface area contributed by atoms with Crippen LogP contribution in [0.1, 0.15) is 45.4 Å². The van der Waals surface area contributed by atoms with Crippen LogP contribution < -0.4 is 0 Å². The largest absolute Gasteiger partial charge is 0.381 e. The van der Waals surface area contributed by atoms with Crippen LogP contribution in [0.15, 0.2) is 0 Å². The summed E-state index contributed by atoms with van der Waals surface area (Å²) in [6.45, 7) is 6.84. The minimum Gasteiger partial charge on any atom is -0.381 e. The SMILES string of the molecule is CCC1CCCCN1CC1(CBr)CCOCC1. The maximum Gasteiger partial charge on any atom is 0.0472 e. The van der Waals surface area contributed by atoms with Crippen LogP contribution in [0.2, 0.25) is 0 Å². The molecule has 1 unspecified atom stereocenters. The molecule has 0 aromatic carbocycles. The number of hydrogen-bond acceptors (Lipinski definition) is 2. The van der Waals surface area contributed by atoms with Crippen molar-refractivity contribution >= 4 is 15.9 Å². The van der Waals surface area contributed by atoms with E-state index in [0.717, 1.165) is 24.6 Å². The Labute approximate surface area is 114 Å². The first-order chi connectivity index (χ1) is 8.29. The van der Waals surface area contributed by atoms with E-state index in [9.17, 15) is 0 Å². The Hall–Kier alpha value is 0.400. The second-order valence-electron chi connectivity index (χ2n) is 5.77. The number of ether oxygens (including phenoxy) is 1. The maximum atomic E-state index is 5.53. The predicted molar refractivity (Wildman–Crippen MR) is 75.8 cm³/mol. The van der Waals surface area contributed by atoms with Crippen molar-refractivity contribution in [3.8, 4) is 0 Å². The first-order valence-corrected chi connectivity index (χ1v) is 8.29. The fourth-order valence-electron chi connectivity index (χ4n) is 3.30. The number of hydrogen-bond donors (Lipinski definition) is 0. The Morgan fingerprint density at radius 1 is 1.29 bits per heavy atom. The summed E-state index contributed by atoms with van der Waals surface area (Å²) in [5.74, 6) is 0. The van der Waals surface area contributed by atoms with Gasteiger partial charge >= 0.3 is 0 Å². The molecule has 2 rings (SSSR count). The van der Waals surface area contributed by atoms with E-state index in [0.29, 0.717) is 5.41 Å². The molecule has 17 heavy (non-hydrogen) atoms. The van der Waals surface area contributed by atoms with Crippen LogP contribution in [0.3, 0.4) is 0 Å². The highest BCUT2D eigenvalue weighted by Crippen LogP contribution is 2.35. The molecule has 100 valence electrons. The highest BCUT2D eigenvalue weighted by Gasteiger charge is 2.35. The monoisotopic (exact) mass is 303 g/mol. The summed E-state index contributed by atoms with van der Waals surface area (Å²) in [5, 5.41) is 1.14. The van der Waals surface area contributed by atoms with Gasteiger partial charge in [-0.25, -0.2) is 0 Å². The number of likely N-dealkylation sites (tertiary alicyclic amines) is 1. The molecule has 0 amide bonds. The molecular weight excluding hydrogens is 278 g/mol. The van der Waals surface area contributed by atoms with Crippen molar-refractivity contribution in [2.75, 3.05) is 31.6 Å². The standard InChI is InChI=1S/C14H26BrNO/c1-2-13-5-3-4-8-16(13)12-14(11-15)6-9-17-10-7-14/h13H,2-12H2,1H3. The Bertz CT molecular complexity index is 228. The minimum absolute atomic E-state index is 0.475. The Balaban J connectivity index is 1.96. The molecule has 0 N–H and O–H groups in total. The van der Waals surface area contributed by atoms with Crippen LogP contribution in [0.5, 0.6) is 0 Å². The van der Waals surface area contributed by atoms with E-state index < -0.39 is 0 Å². The van der Waals surface area contributed by atoms with Gasteiger partial charge in [-0.05, 0) is 44.1 Å². The molecule has 2 saturated heterocycles. The normalized spacial score (nSPS) is 30.4. The van der Waals surface area contributed by atoms with E-state index >= 15 is 0 Å². The lowest BCUT2D eigenvalue weighted by Crippen LogP contribution is -2.48. The number of halogens is 1. The summed E-state index contributed by atoms with van der Waals surface area (Å²) in [6, 6.07) is 0.836. The highest BCUT2D eigenvalue weighted by molar-refractivity contribution is 9.09. The highest BCUT2D eigenvalue weighted by atomic mass is 79.9. The molecule has 0 aromatic rings.